The number of H-pyrrole nitrogens is 1. The number of carbonyl (C=O) groups is 1. The van der Waals surface area contributed by atoms with E-state index in [2.05, 4.69) is 27.0 Å². The van der Waals surface area contributed by atoms with Crippen molar-refractivity contribution < 1.29 is 9.21 Å². The molecule has 2 aromatic heterocycles. The van der Waals surface area contributed by atoms with E-state index in [9.17, 15) is 4.79 Å². The maximum absolute atomic E-state index is 13.4. The standard InChI is InChI=1S/C23H21ClN4O2/c24-16-5-6-20-19(11-16)26-22(30-20)28-10-8-23(14-28)7-9-27(21(23)29)13-15-12-25-18-4-2-1-3-17(15)18/h1-6,11-12,25H,7-10,13-14H2. The van der Waals surface area contributed by atoms with Crippen LogP contribution in [-0.4, -0.2) is 40.4 Å². The van der Waals surface area contributed by atoms with Crippen LogP contribution in [0.15, 0.2) is 53.1 Å². The van der Waals surface area contributed by atoms with Crippen LogP contribution >= 0.6 is 11.6 Å². The minimum absolute atomic E-state index is 0.245. The van der Waals surface area contributed by atoms with Gasteiger partial charge in [0.25, 0.3) is 6.01 Å². The number of aromatic amines is 1. The van der Waals surface area contributed by atoms with Crippen LogP contribution < -0.4 is 4.90 Å². The van der Waals surface area contributed by atoms with Crippen LogP contribution in [0.4, 0.5) is 6.01 Å². The predicted molar refractivity (Wildman–Crippen MR) is 117 cm³/mol. The van der Waals surface area contributed by atoms with Crippen molar-refractivity contribution in [3.05, 3.63) is 59.2 Å². The Balaban J connectivity index is 1.22. The lowest BCUT2D eigenvalue weighted by atomic mass is 9.85. The van der Waals surface area contributed by atoms with Gasteiger partial charge >= 0.3 is 0 Å². The summed E-state index contributed by atoms with van der Waals surface area (Å²) in [5.41, 5.74) is 3.40. The summed E-state index contributed by atoms with van der Waals surface area (Å²) in [7, 11) is 0. The lowest BCUT2D eigenvalue weighted by Crippen LogP contribution is -2.36. The lowest BCUT2D eigenvalue weighted by molar-refractivity contribution is -0.135. The third-order valence-electron chi connectivity index (χ3n) is 6.60. The highest BCUT2D eigenvalue weighted by atomic mass is 35.5. The van der Waals surface area contributed by atoms with Gasteiger partial charge in [0.15, 0.2) is 5.58 Å². The molecule has 2 saturated heterocycles. The highest BCUT2D eigenvalue weighted by molar-refractivity contribution is 6.31. The number of hydrogen-bond acceptors (Lipinski definition) is 4. The summed E-state index contributed by atoms with van der Waals surface area (Å²) in [6.45, 7) is 2.85. The van der Waals surface area contributed by atoms with E-state index in [4.69, 9.17) is 16.0 Å². The number of benzene rings is 2. The molecule has 6 nitrogen and oxygen atoms in total. The Bertz CT molecular complexity index is 1280. The second-order valence-corrected chi connectivity index (χ2v) is 8.83. The number of para-hydroxylation sites is 1. The Kier molecular flexibility index (Phi) is 3.87. The first-order chi connectivity index (χ1) is 14.6. The average molecular weight is 421 g/mol. The van der Waals surface area contributed by atoms with E-state index in [1.165, 1.54) is 10.9 Å². The molecule has 0 radical (unpaired) electrons. The molecule has 1 atom stereocenters. The number of likely N-dealkylation sites (tertiary alicyclic amines) is 1. The SMILES string of the molecule is O=C1N(Cc2c[nH]c3ccccc23)CCC12CCN(c1nc3cc(Cl)ccc3o1)C2. The quantitative estimate of drug-likeness (QED) is 0.526. The zero-order valence-electron chi connectivity index (χ0n) is 16.4. The van der Waals surface area contributed by atoms with Gasteiger partial charge in [0.1, 0.15) is 5.52 Å². The summed E-state index contributed by atoms with van der Waals surface area (Å²) in [5, 5.41) is 1.82. The summed E-state index contributed by atoms with van der Waals surface area (Å²) in [5.74, 6) is 0.245. The molecule has 2 aliphatic rings. The van der Waals surface area contributed by atoms with Crippen molar-refractivity contribution in [2.24, 2.45) is 5.41 Å². The van der Waals surface area contributed by atoms with Gasteiger partial charge in [0.05, 0.1) is 5.41 Å². The molecule has 0 bridgehead atoms. The fourth-order valence-electron chi connectivity index (χ4n) is 4.95. The van der Waals surface area contributed by atoms with E-state index in [0.29, 0.717) is 29.7 Å². The molecular weight excluding hydrogens is 400 g/mol. The van der Waals surface area contributed by atoms with E-state index in [1.807, 2.05) is 29.3 Å². The number of anilines is 1. The minimum Gasteiger partial charge on any atom is -0.423 e. The molecule has 1 amide bonds. The molecule has 30 heavy (non-hydrogen) atoms. The van der Waals surface area contributed by atoms with Crippen LogP contribution in [0.5, 0.6) is 0 Å². The smallest absolute Gasteiger partial charge is 0.298 e. The largest absolute Gasteiger partial charge is 0.423 e. The first-order valence-electron chi connectivity index (χ1n) is 10.3. The van der Waals surface area contributed by atoms with Gasteiger partial charge in [-0.2, -0.15) is 4.98 Å². The van der Waals surface area contributed by atoms with E-state index < -0.39 is 0 Å². The van der Waals surface area contributed by atoms with Crippen LogP contribution in [0.25, 0.3) is 22.0 Å². The van der Waals surface area contributed by atoms with Crippen molar-refractivity contribution >= 4 is 45.5 Å². The van der Waals surface area contributed by atoms with Gasteiger partial charge in [0.2, 0.25) is 5.91 Å². The van der Waals surface area contributed by atoms with Gasteiger partial charge in [-0.05, 0) is 42.7 Å². The summed E-state index contributed by atoms with van der Waals surface area (Å²) in [4.78, 5) is 25.4. The molecule has 2 fully saturated rings. The number of carbonyl (C=O) groups excluding carboxylic acids is 1. The van der Waals surface area contributed by atoms with E-state index in [1.54, 1.807) is 12.1 Å². The molecule has 2 aliphatic heterocycles. The molecule has 152 valence electrons. The molecule has 1 unspecified atom stereocenters. The molecular formula is C23H21ClN4O2. The van der Waals surface area contributed by atoms with Gasteiger partial charge in [-0.25, -0.2) is 0 Å². The van der Waals surface area contributed by atoms with Gasteiger partial charge in [-0.1, -0.05) is 29.8 Å². The lowest BCUT2D eigenvalue weighted by Gasteiger charge is -2.23. The topological polar surface area (TPSA) is 65.4 Å². The number of oxazole rings is 1. The third-order valence-corrected chi connectivity index (χ3v) is 6.84. The second kappa shape index (κ2) is 6.51. The first kappa shape index (κ1) is 17.8. The Hall–Kier alpha value is -2.99. The second-order valence-electron chi connectivity index (χ2n) is 8.40. The normalized spacial score (nSPS) is 21.7. The average Bonchev–Trinajstić information content (AvgIpc) is 3.51. The Labute approximate surface area is 178 Å². The minimum atomic E-state index is -0.343. The predicted octanol–water partition coefficient (Wildman–Crippen LogP) is 4.59. The van der Waals surface area contributed by atoms with Crippen LogP contribution in [0.1, 0.15) is 18.4 Å². The number of halogens is 1. The number of aromatic nitrogens is 2. The highest BCUT2D eigenvalue weighted by Crippen LogP contribution is 2.43. The molecule has 2 aromatic carbocycles. The maximum atomic E-state index is 13.4. The van der Waals surface area contributed by atoms with Gasteiger partial charge in [-0.3, -0.25) is 4.79 Å². The molecule has 1 N–H and O–H groups in total. The van der Waals surface area contributed by atoms with Crippen LogP contribution in [-0.2, 0) is 11.3 Å². The van der Waals surface area contributed by atoms with Crippen molar-refractivity contribution in [3.63, 3.8) is 0 Å². The number of nitrogens with one attached hydrogen (secondary N) is 1. The molecule has 4 aromatic rings. The number of nitrogens with zero attached hydrogens (tertiary/aromatic N) is 3. The third kappa shape index (κ3) is 2.70. The van der Waals surface area contributed by atoms with Crippen molar-refractivity contribution in [3.8, 4) is 0 Å². The number of fused-ring (bicyclic) bond motifs is 2. The monoisotopic (exact) mass is 420 g/mol. The van der Waals surface area contributed by atoms with Crippen molar-refractivity contribution in [2.45, 2.75) is 19.4 Å². The zero-order chi connectivity index (χ0) is 20.3. The fraction of sp³-hybridized carbons (Fsp3) is 0.304. The number of hydrogen-bond donors (Lipinski definition) is 1. The van der Waals surface area contributed by atoms with Crippen LogP contribution in [0.3, 0.4) is 0 Å². The highest BCUT2D eigenvalue weighted by Gasteiger charge is 2.51. The summed E-state index contributed by atoms with van der Waals surface area (Å²) in [6, 6.07) is 14.2. The molecule has 0 saturated carbocycles. The van der Waals surface area contributed by atoms with E-state index in [0.717, 1.165) is 37.0 Å². The van der Waals surface area contributed by atoms with Crippen molar-refractivity contribution in [1.82, 2.24) is 14.9 Å². The summed E-state index contributed by atoms with van der Waals surface area (Å²) < 4.78 is 5.93. The van der Waals surface area contributed by atoms with Crippen molar-refractivity contribution in [2.75, 3.05) is 24.5 Å². The van der Waals surface area contributed by atoms with Gasteiger partial charge in [0, 0.05) is 48.3 Å². The molecule has 0 aliphatic carbocycles. The van der Waals surface area contributed by atoms with Gasteiger partial charge < -0.3 is 19.2 Å². The van der Waals surface area contributed by atoms with Crippen LogP contribution in [0, 0.1) is 5.41 Å². The van der Waals surface area contributed by atoms with E-state index in [-0.39, 0.29) is 11.3 Å². The molecule has 4 heterocycles. The number of rotatable bonds is 3. The summed E-state index contributed by atoms with van der Waals surface area (Å²) in [6.07, 6.45) is 3.72. The Morgan fingerprint density at radius 3 is 2.97 bits per heavy atom. The maximum Gasteiger partial charge on any atom is 0.298 e. The van der Waals surface area contributed by atoms with Gasteiger partial charge in [-0.15, -0.1) is 0 Å². The molecule has 1 spiro atoms. The zero-order valence-corrected chi connectivity index (χ0v) is 17.2. The Morgan fingerprint density at radius 1 is 1.17 bits per heavy atom. The molecule has 7 heteroatoms. The Morgan fingerprint density at radius 2 is 2.03 bits per heavy atom. The van der Waals surface area contributed by atoms with E-state index >= 15 is 0 Å². The van der Waals surface area contributed by atoms with Crippen LogP contribution in [0.2, 0.25) is 5.02 Å². The molecule has 6 rings (SSSR count). The first-order valence-corrected chi connectivity index (χ1v) is 10.6. The summed E-state index contributed by atoms with van der Waals surface area (Å²) >= 11 is 6.07. The number of amides is 1. The fourth-order valence-corrected chi connectivity index (χ4v) is 5.12. The van der Waals surface area contributed by atoms with Crippen molar-refractivity contribution in [1.29, 1.82) is 0 Å².